The Balaban J connectivity index is 3.10. The Kier molecular flexibility index (Phi) is 17.9. The molecule has 0 saturated carbocycles. The Morgan fingerprint density at radius 2 is 1.00 bits per heavy atom. The lowest BCUT2D eigenvalue weighted by Crippen LogP contribution is -2.11. The average molecular weight is 338 g/mol. The number of carbonyl (C=O) groups excluding carboxylic acids is 1. The average Bonchev–Trinajstić information content (AvgIpc) is 2.57. The molecule has 142 valence electrons. The zero-order chi connectivity index (χ0) is 17.9. The van der Waals surface area contributed by atoms with E-state index in [1.54, 1.807) is 6.92 Å². The fourth-order valence-electron chi connectivity index (χ4n) is 3.11. The van der Waals surface area contributed by atoms with Crippen LogP contribution in [0.15, 0.2) is 11.6 Å². The summed E-state index contributed by atoms with van der Waals surface area (Å²) in [6, 6.07) is 0. The number of allylic oxidation sites excluding steroid dienone is 1. The lowest BCUT2D eigenvalue weighted by molar-refractivity contribution is -0.114. The molecule has 0 spiro atoms. The molecular weight excluding hydrogens is 294 g/mol. The Morgan fingerprint density at radius 3 is 1.33 bits per heavy atom. The molecule has 0 aliphatic heterocycles. The lowest BCUT2D eigenvalue weighted by atomic mass is 10.0. The predicted octanol–water partition coefficient (Wildman–Crippen LogP) is 7.07. The summed E-state index contributed by atoms with van der Waals surface area (Å²) in [5.41, 5.74) is 5.91. The van der Waals surface area contributed by atoms with Crippen molar-refractivity contribution in [2.45, 2.75) is 123 Å². The summed E-state index contributed by atoms with van der Waals surface area (Å²) in [6.45, 7) is 4.08. The second-order valence-corrected chi connectivity index (χ2v) is 7.34. The van der Waals surface area contributed by atoms with Crippen LogP contribution in [0.3, 0.4) is 0 Å². The van der Waals surface area contributed by atoms with E-state index in [0.717, 1.165) is 6.42 Å². The number of unbranched alkanes of at least 4 members (excludes halogenated alkanes) is 16. The summed E-state index contributed by atoms with van der Waals surface area (Å²) in [6.07, 6.45) is 25.3. The summed E-state index contributed by atoms with van der Waals surface area (Å²) in [5.74, 6) is -0.286. The zero-order valence-corrected chi connectivity index (χ0v) is 16.6. The monoisotopic (exact) mass is 337 g/mol. The van der Waals surface area contributed by atoms with Gasteiger partial charge in [0.25, 0.3) is 0 Å². The molecule has 0 radical (unpaired) electrons. The highest BCUT2D eigenvalue weighted by atomic mass is 16.1. The minimum atomic E-state index is -0.286. The molecule has 0 aliphatic rings. The van der Waals surface area contributed by atoms with E-state index in [9.17, 15) is 4.79 Å². The molecule has 0 unspecified atom stereocenters. The SMILES string of the molecule is CCCCCCCCCCCCCCCCCCC=C(C)C(N)=O. The van der Waals surface area contributed by atoms with Crippen molar-refractivity contribution in [2.75, 3.05) is 0 Å². The van der Waals surface area contributed by atoms with E-state index in [2.05, 4.69) is 6.92 Å². The Bertz CT molecular complexity index is 309. The predicted molar refractivity (Wildman–Crippen MR) is 107 cm³/mol. The van der Waals surface area contributed by atoms with E-state index < -0.39 is 0 Å². The van der Waals surface area contributed by atoms with Gasteiger partial charge in [0, 0.05) is 5.57 Å². The van der Waals surface area contributed by atoms with Crippen molar-refractivity contribution in [3.63, 3.8) is 0 Å². The van der Waals surface area contributed by atoms with Crippen LogP contribution in [0, 0.1) is 0 Å². The second kappa shape index (κ2) is 18.5. The van der Waals surface area contributed by atoms with E-state index in [1.807, 2.05) is 6.08 Å². The first-order valence-electron chi connectivity index (χ1n) is 10.6. The summed E-state index contributed by atoms with van der Waals surface area (Å²) in [5, 5.41) is 0. The van der Waals surface area contributed by atoms with Gasteiger partial charge in [-0.3, -0.25) is 4.79 Å². The number of hydrogen-bond donors (Lipinski definition) is 1. The lowest BCUT2D eigenvalue weighted by Gasteiger charge is -2.03. The molecule has 0 bridgehead atoms. The van der Waals surface area contributed by atoms with E-state index in [4.69, 9.17) is 5.73 Å². The Hall–Kier alpha value is -0.790. The molecule has 0 aromatic heterocycles. The Labute approximate surface area is 151 Å². The van der Waals surface area contributed by atoms with Crippen LogP contribution >= 0.6 is 0 Å². The van der Waals surface area contributed by atoms with Crippen molar-refractivity contribution in [3.05, 3.63) is 11.6 Å². The molecular formula is C22H43NO. The first-order chi connectivity index (χ1) is 11.7. The van der Waals surface area contributed by atoms with Crippen molar-refractivity contribution in [1.29, 1.82) is 0 Å². The molecule has 0 fully saturated rings. The van der Waals surface area contributed by atoms with Crippen molar-refractivity contribution in [3.8, 4) is 0 Å². The van der Waals surface area contributed by atoms with E-state index in [1.165, 1.54) is 103 Å². The van der Waals surface area contributed by atoms with E-state index in [0.29, 0.717) is 5.57 Å². The molecule has 0 aromatic carbocycles. The molecule has 0 rings (SSSR count). The van der Waals surface area contributed by atoms with E-state index in [-0.39, 0.29) is 5.91 Å². The highest BCUT2D eigenvalue weighted by Gasteiger charge is 1.96. The number of nitrogens with two attached hydrogens (primary N) is 1. The number of rotatable bonds is 18. The quantitative estimate of drug-likeness (QED) is 0.211. The maximum absolute atomic E-state index is 10.9. The van der Waals surface area contributed by atoms with Gasteiger partial charge in [0.2, 0.25) is 5.91 Å². The van der Waals surface area contributed by atoms with Gasteiger partial charge in [0.05, 0.1) is 0 Å². The molecule has 0 atom stereocenters. The molecule has 0 aliphatic carbocycles. The summed E-state index contributed by atoms with van der Waals surface area (Å²) < 4.78 is 0. The molecule has 24 heavy (non-hydrogen) atoms. The van der Waals surface area contributed by atoms with Gasteiger partial charge in [-0.25, -0.2) is 0 Å². The molecule has 0 saturated heterocycles. The first kappa shape index (κ1) is 23.2. The maximum atomic E-state index is 10.9. The van der Waals surface area contributed by atoms with Gasteiger partial charge in [0.15, 0.2) is 0 Å². The van der Waals surface area contributed by atoms with Crippen molar-refractivity contribution in [1.82, 2.24) is 0 Å². The Morgan fingerprint density at radius 1 is 0.667 bits per heavy atom. The highest BCUT2D eigenvalue weighted by molar-refractivity contribution is 5.91. The molecule has 0 aromatic rings. The largest absolute Gasteiger partial charge is 0.366 e. The third kappa shape index (κ3) is 17.6. The van der Waals surface area contributed by atoms with Crippen LogP contribution in [0.25, 0.3) is 0 Å². The van der Waals surface area contributed by atoms with Crippen LogP contribution in [-0.2, 0) is 4.79 Å². The van der Waals surface area contributed by atoms with Crippen LogP contribution in [0.4, 0.5) is 0 Å². The number of carbonyl (C=O) groups is 1. The van der Waals surface area contributed by atoms with Crippen LogP contribution in [0.1, 0.15) is 123 Å². The van der Waals surface area contributed by atoms with Crippen molar-refractivity contribution >= 4 is 5.91 Å². The minimum absolute atomic E-state index is 0.286. The third-order valence-electron chi connectivity index (χ3n) is 4.90. The smallest absolute Gasteiger partial charge is 0.244 e. The van der Waals surface area contributed by atoms with Crippen molar-refractivity contribution in [2.24, 2.45) is 5.73 Å². The van der Waals surface area contributed by atoms with Gasteiger partial charge in [-0.05, 0) is 19.8 Å². The van der Waals surface area contributed by atoms with Gasteiger partial charge in [0.1, 0.15) is 0 Å². The van der Waals surface area contributed by atoms with E-state index >= 15 is 0 Å². The van der Waals surface area contributed by atoms with Crippen LogP contribution in [-0.4, -0.2) is 5.91 Å². The zero-order valence-electron chi connectivity index (χ0n) is 16.6. The second-order valence-electron chi connectivity index (χ2n) is 7.34. The van der Waals surface area contributed by atoms with Crippen LogP contribution < -0.4 is 5.73 Å². The first-order valence-corrected chi connectivity index (χ1v) is 10.6. The summed E-state index contributed by atoms with van der Waals surface area (Å²) in [4.78, 5) is 10.9. The van der Waals surface area contributed by atoms with Gasteiger partial charge in [-0.15, -0.1) is 0 Å². The molecule has 2 N–H and O–H groups in total. The highest BCUT2D eigenvalue weighted by Crippen LogP contribution is 2.14. The number of amides is 1. The maximum Gasteiger partial charge on any atom is 0.244 e. The minimum Gasteiger partial charge on any atom is -0.366 e. The third-order valence-corrected chi connectivity index (χ3v) is 4.90. The number of primary amides is 1. The molecule has 2 heteroatoms. The standard InChI is InChI=1S/C22H43NO/c1-3-4-5-6-7-8-9-10-11-12-13-14-15-16-17-18-19-20-21(2)22(23)24/h20H,3-19H2,1-2H3,(H2,23,24). The summed E-state index contributed by atoms with van der Waals surface area (Å²) in [7, 11) is 0. The fraction of sp³-hybridized carbons (Fsp3) is 0.864. The molecule has 0 heterocycles. The van der Waals surface area contributed by atoms with Gasteiger partial charge >= 0.3 is 0 Å². The normalized spacial score (nSPS) is 11.8. The number of hydrogen-bond acceptors (Lipinski definition) is 1. The topological polar surface area (TPSA) is 43.1 Å². The van der Waals surface area contributed by atoms with Crippen LogP contribution in [0.5, 0.6) is 0 Å². The van der Waals surface area contributed by atoms with Gasteiger partial charge < -0.3 is 5.73 Å². The van der Waals surface area contributed by atoms with Crippen molar-refractivity contribution < 1.29 is 4.79 Å². The molecule has 2 nitrogen and oxygen atoms in total. The fourth-order valence-corrected chi connectivity index (χ4v) is 3.11. The van der Waals surface area contributed by atoms with Crippen LogP contribution in [0.2, 0.25) is 0 Å². The summed E-state index contributed by atoms with van der Waals surface area (Å²) >= 11 is 0. The van der Waals surface area contributed by atoms with Gasteiger partial charge in [-0.2, -0.15) is 0 Å². The van der Waals surface area contributed by atoms with Gasteiger partial charge in [-0.1, -0.05) is 109 Å². The molecule has 1 amide bonds.